The molecule has 1 fully saturated rings. The van der Waals surface area contributed by atoms with Gasteiger partial charge in [-0.1, -0.05) is 30.3 Å². The fourth-order valence-corrected chi connectivity index (χ4v) is 3.86. The summed E-state index contributed by atoms with van der Waals surface area (Å²) in [7, 11) is 3.86. The maximum atomic E-state index is 12.8. The summed E-state index contributed by atoms with van der Waals surface area (Å²) in [6, 6.07) is 13.9. The first-order chi connectivity index (χ1) is 12.6. The molecule has 4 rings (SSSR count). The van der Waals surface area contributed by atoms with E-state index in [9.17, 15) is 4.79 Å². The smallest absolute Gasteiger partial charge is 0.323 e. The van der Waals surface area contributed by atoms with Crippen LogP contribution in [0.1, 0.15) is 17.5 Å². The second-order valence-corrected chi connectivity index (χ2v) is 7.13. The molecule has 2 aliphatic rings. The summed E-state index contributed by atoms with van der Waals surface area (Å²) in [4.78, 5) is 21.0. The number of pyridine rings is 1. The molecule has 0 saturated carbocycles. The van der Waals surface area contributed by atoms with Gasteiger partial charge in [-0.25, -0.2) is 9.78 Å². The van der Waals surface area contributed by atoms with Crippen LogP contribution in [0.5, 0.6) is 0 Å². The van der Waals surface area contributed by atoms with Gasteiger partial charge in [-0.05, 0) is 36.1 Å². The molecular weight excluding hydrogens is 328 g/mol. The van der Waals surface area contributed by atoms with Crippen molar-refractivity contribution in [2.24, 2.45) is 0 Å². The SMILES string of the molecule is CN(C)c1cccc(NC(=O)N2CCOC3(CCc4ccccc43)C2)n1. The monoisotopic (exact) mass is 352 g/mol. The molecule has 1 aromatic carbocycles. The van der Waals surface area contributed by atoms with Crippen LogP contribution in [0.2, 0.25) is 0 Å². The molecule has 2 amide bonds. The molecule has 26 heavy (non-hydrogen) atoms. The third kappa shape index (κ3) is 3.01. The third-order valence-electron chi connectivity index (χ3n) is 5.21. The number of amides is 2. The van der Waals surface area contributed by atoms with E-state index in [2.05, 4.69) is 28.5 Å². The minimum Gasteiger partial charge on any atom is -0.367 e. The number of anilines is 2. The predicted octanol–water partition coefficient (Wildman–Crippen LogP) is 2.85. The van der Waals surface area contributed by atoms with Crippen molar-refractivity contribution in [3.05, 3.63) is 53.6 Å². The van der Waals surface area contributed by atoms with Gasteiger partial charge in [0, 0.05) is 20.6 Å². The maximum Gasteiger partial charge on any atom is 0.323 e. The van der Waals surface area contributed by atoms with Gasteiger partial charge in [-0.15, -0.1) is 0 Å². The lowest BCUT2D eigenvalue weighted by Crippen LogP contribution is -2.52. The van der Waals surface area contributed by atoms with E-state index in [1.165, 1.54) is 11.1 Å². The van der Waals surface area contributed by atoms with Crippen LogP contribution in [0, 0.1) is 0 Å². The van der Waals surface area contributed by atoms with Gasteiger partial charge < -0.3 is 14.5 Å². The van der Waals surface area contributed by atoms with E-state index in [0.29, 0.717) is 25.5 Å². The van der Waals surface area contributed by atoms with Gasteiger partial charge in [-0.2, -0.15) is 0 Å². The minimum atomic E-state index is -0.370. The number of carbonyl (C=O) groups excluding carboxylic acids is 1. The predicted molar refractivity (Wildman–Crippen MR) is 102 cm³/mol. The van der Waals surface area contributed by atoms with Gasteiger partial charge in [0.05, 0.1) is 13.2 Å². The van der Waals surface area contributed by atoms with Gasteiger partial charge >= 0.3 is 6.03 Å². The Hall–Kier alpha value is -2.60. The molecule has 1 saturated heterocycles. The average molecular weight is 352 g/mol. The number of aryl methyl sites for hydroxylation is 1. The number of hydrogen-bond acceptors (Lipinski definition) is 4. The summed E-state index contributed by atoms with van der Waals surface area (Å²) in [6.07, 6.45) is 1.92. The van der Waals surface area contributed by atoms with Crippen LogP contribution < -0.4 is 10.2 Å². The van der Waals surface area contributed by atoms with E-state index in [-0.39, 0.29) is 11.6 Å². The van der Waals surface area contributed by atoms with E-state index >= 15 is 0 Å². The third-order valence-corrected chi connectivity index (χ3v) is 5.21. The van der Waals surface area contributed by atoms with Gasteiger partial charge in [0.25, 0.3) is 0 Å². The van der Waals surface area contributed by atoms with Crippen molar-refractivity contribution in [3.63, 3.8) is 0 Å². The number of nitrogens with zero attached hydrogens (tertiary/aromatic N) is 3. The number of rotatable bonds is 2. The maximum absolute atomic E-state index is 12.8. The Morgan fingerprint density at radius 2 is 2.08 bits per heavy atom. The van der Waals surface area contributed by atoms with Crippen molar-refractivity contribution < 1.29 is 9.53 Å². The Balaban J connectivity index is 1.50. The first kappa shape index (κ1) is 16.8. The highest BCUT2D eigenvalue weighted by Crippen LogP contribution is 2.42. The molecule has 1 aliphatic heterocycles. The van der Waals surface area contributed by atoms with Gasteiger partial charge in [0.2, 0.25) is 0 Å². The fraction of sp³-hybridized carbons (Fsp3) is 0.400. The summed E-state index contributed by atoms with van der Waals surface area (Å²) in [5, 5.41) is 2.93. The number of urea groups is 1. The molecule has 0 radical (unpaired) electrons. The van der Waals surface area contributed by atoms with Crippen LogP contribution in [0.4, 0.5) is 16.4 Å². The summed E-state index contributed by atoms with van der Waals surface area (Å²) >= 11 is 0. The number of benzene rings is 1. The van der Waals surface area contributed by atoms with Gasteiger partial charge in [0.1, 0.15) is 17.2 Å². The summed E-state index contributed by atoms with van der Waals surface area (Å²) in [6.45, 7) is 1.71. The van der Waals surface area contributed by atoms with Crippen LogP contribution in [0.15, 0.2) is 42.5 Å². The number of morpholine rings is 1. The molecule has 6 heteroatoms. The molecule has 1 spiro atoms. The fourth-order valence-electron chi connectivity index (χ4n) is 3.86. The highest BCUT2D eigenvalue weighted by Gasteiger charge is 2.44. The van der Waals surface area contributed by atoms with Crippen LogP contribution in [0.25, 0.3) is 0 Å². The number of fused-ring (bicyclic) bond motifs is 2. The number of nitrogens with one attached hydrogen (secondary N) is 1. The molecule has 1 aromatic heterocycles. The Labute approximate surface area is 153 Å². The Kier molecular flexibility index (Phi) is 4.28. The second-order valence-electron chi connectivity index (χ2n) is 7.13. The Morgan fingerprint density at radius 1 is 1.23 bits per heavy atom. The number of aromatic nitrogens is 1. The largest absolute Gasteiger partial charge is 0.367 e. The number of ether oxygens (including phenoxy) is 1. The van der Waals surface area contributed by atoms with Crippen LogP contribution in [0.3, 0.4) is 0 Å². The molecule has 6 nitrogen and oxygen atoms in total. The van der Waals surface area contributed by atoms with Gasteiger partial charge in [-0.3, -0.25) is 5.32 Å². The van der Waals surface area contributed by atoms with Crippen molar-refractivity contribution in [1.29, 1.82) is 0 Å². The highest BCUT2D eigenvalue weighted by atomic mass is 16.5. The van der Waals surface area contributed by atoms with Crippen molar-refractivity contribution in [3.8, 4) is 0 Å². The van der Waals surface area contributed by atoms with E-state index < -0.39 is 0 Å². The zero-order chi connectivity index (χ0) is 18.1. The summed E-state index contributed by atoms with van der Waals surface area (Å²) in [5.74, 6) is 1.37. The quantitative estimate of drug-likeness (QED) is 0.903. The number of carbonyl (C=O) groups is 1. The topological polar surface area (TPSA) is 57.7 Å². The lowest BCUT2D eigenvalue weighted by atomic mass is 9.94. The first-order valence-electron chi connectivity index (χ1n) is 9.00. The van der Waals surface area contributed by atoms with E-state index in [1.807, 2.05) is 48.2 Å². The Morgan fingerprint density at radius 3 is 2.92 bits per heavy atom. The van der Waals surface area contributed by atoms with Crippen molar-refractivity contribution in [1.82, 2.24) is 9.88 Å². The molecule has 136 valence electrons. The molecular formula is C20H24N4O2. The number of hydrogen-bond donors (Lipinski definition) is 1. The molecule has 1 aliphatic carbocycles. The molecule has 0 bridgehead atoms. The van der Waals surface area contributed by atoms with Crippen LogP contribution in [-0.2, 0) is 16.8 Å². The highest BCUT2D eigenvalue weighted by molar-refractivity contribution is 5.88. The average Bonchev–Trinajstić information content (AvgIpc) is 3.00. The Bertz CT molecular complexity index is 819. The van der Waals surface area contributed by atoms with Crippen molar-refractivity contribution in [2.75, 3.05) is 44.0 Å². The van der Waals surface area contributed by atoms with E-state index in [4.69, 9.17) is 4.74 Å². The van der Waals surface area contributed by atoms with E-state index in [0.717, 1.165) is 18.7 Å². The molecule has 2 aromatic rings. The molecule has 1 N–H and O–H groups in total. The standard InChI is InChI=1S/C20H24N4O2/c1-23(2)18-9-5-8-17(21-18)22-19(25)24-12-13-26-20(14-24)11-10-15-6-3-4-7-16(15)20/h3-9H,10-14H2,1-2H3,(H,21,22,25). The normalized spacial score (nSPS) is 21.5. The van der Waals surface area contributed by atoms with Crippen LogP contribution >= 0.6 is 0 Å². The van der Waals surface area contributed by atoms with E-state index in [1.54, 1.807) is 0 Å². The summed E-state index contributed by atoms with van der Waals surface area (Å²) < 4.78 is 6.19. The van der Waals surface area contributed by atoms with Crippen LogP contribution in [-0.4, -0.2) is 49.7 Å². The lowest BCUT2D eigenvalue weighted by molar-refractivity contribution is -0.100. The first-order valence-corrected chi connectivity index (χ1v) is 9.00. The van der Waals surface area contributed by atoms with Crippen molar-refractivity contribution >= 4 is 17.7 Å². The second kappa shape index (κ2) is 6.61. The summed E-state index contributed by atoms with van der Waals surface area (Å²) in [5.41, 5.74) is 2.19. The molecule has 1 unspecified atom stereocenters. The van der Waals surface area contributed by atoms with Crippen molar-refractivity contribution in [2.45, 2.75) is 18.4 Å². The van der Waals surface area contributed by atoms with Gasteiger partial charge in [0.15, 0.2) is 0 Å². The lowest BCUT2D eigenvalue weighted by Gasteiger charge is -2.41. The zero-order valence-corrected chi connectivity index (χ0v) is 15.2. The minimum absolute atomic E-state index is 0.125. The molecule has 2 heterocycles. The molecule has 1 atom stereocenters. The zero-order valence-electron chi connectivity index (χ0n) is 15.2.